The molecule has 1 aromatic rings. The number of non-ortho nitro benzene ring substituents is 1. The predicted molar refractivity (Wildman–Crippen MR) is 73.4 cm³/mol. The number of benzene rings is 1. The van der Waals surface area contributed by atoms with Gasteiger partial charge in [0.1, 0.15) is 10.6 Å². The van der Waals surface area contributed by atoms with Gasteiger partial charge in [-0.15, -0.1) is 0 Å². The molecule has 2 N–H and O–H groups in total. The first-order valence-corrected chi connectivity index (χ1v) is 7.37. The van der Waals surface area contributed by atoms with E-state index in [0.29, 0.717) is 13.0 Å². The number of nitrogens with zero attached hydrogens (tertiary/aromatic N) is 1. The first-order chi connectivity index (χ1) is 9.42. The van der Waals surface area contributed by atoms with Crippen LogP contribution in [0.15, 0.2) is 23.1 Å². The fourth-order valence-electron chi connectivity index (χ4n) is 1.54. The molecule has 0 radical (unpaired) electrons. The molecule has 0 fully saturated rings. The van der Waals surface area contributed by atoms with E-state index in [1.54, 1.807) is 7.05 Å². The second-order valence-electron chi connectivity index (χ2n) is 3.95. The van der Waals surface area contributed by atoms with Crippen LogP contribution in [0.25, 0.3) is 0 Å². The molecule has 0 unspecified atom stereocenters. The maximum atomic E-state index is 12.1. The lowest BCUT2D eigenvalue weighted by molar-refractivity contribution is -0.385. The Morgan fingerprint density at radius 2 is 2.05 bits per heavy atom. The van der Waals surface area contributed by atoms with E-state index in [0.717, 1.165) is 6.07 Å². The van der Waals surface area contributed by atoms with Crippen LogP contribution in [0.2, 0.25) is 0 Å². The number of nitro groups is 1. The van der Waals surface area contributed by atoms with Crippen molar-refractivity contribution in [2.45, 2.75) is 11.3 Å². The lowest BCUT2D eigenvalue weighted by Crippen LogP contribution is -2.27. The molecular weight excluding hydrogens is 286 g/mol. The Kier molecular flexibility index (Phi) is 5.86. The third-order valence-corrected chi connectivity index (χ3v) is 4.03. The predicted octanol–water partition coefficient (Wildman–Crippen LogP) is 0.491. The lowest BCUT2D eigenvalue weighted by atomic mass is 10.3. The minimum Gasteiger partial charge on any atom is -0.495 e. The van der Waals surface area contributed by atoms with Crippen molar-refractivity contribution in [2.24, 2.45) is 0 Å². The zero-order valence-electron chi connectivity index (χ0n) is 11.3. The van der Waals surface area contributed by atoms with Crippen molar-refractivity contribution in [3.8, 4) is 5.75 Å². The molecule has 0 aliphatic heterocycles. The zero-order valence-corrected chi connectivity index (χ0v) is 12.1. The monoisotopic (exact) mass is 303 g/mol. The molecule has 0 aliphatic rings. The summed E-state index contributed by atoms with van der Waals surface area (Å²) < 4.78 is 31.6. The fourth-order valence-corrected chi connectivity index (χ4v) is 2.80. The van der Waals surface area contributed by atoms with Crippen LogP contribution in [0.3, 0.4) is 0 Å². The molecular formula is C11H17N3O5S. The average Bonchev–Trinajstić information content (AvgIpc) is 2.42. The highest BCUT2D eigenvalue weighted by Crippen LogP contribution is 2.27. The van der Waals surface area contributed by atoms with Crippen molar-refractivity contribution < 1.29 is 18.1 Å². The highest BCUT2D eigenvalue weighted by molar-refractivity contribution is 7.89. The maximum absolute atomic E-state index is 12.1. The van der Waals surface area contributed by atoms with E-state index >= 15 is 0 Å². The van der Waals surface area contributed by atoms with Crippen LogP contribution < -0.4 is 14.8 Å². The van der Waals surface area contributed by atoms with Crippen LogP contribution in [-0.4, -0.2) is 40.6 Å². The SMILES string of the molecule is CNCCCNS(=O)(=O)c1cc([N+](=O)[O-])ccc1OC. The largest absolute Gasteiger partial charge is 0.495 e. The van der Waals surface area contributed by atoms with Crippen LogP contribution in [0, 0.1) is 10.1 Å². The Balaban J connectivity index is 3.02. The van der Waals surface area contributed by atoms with E-state index in [1.165, 1.54) is 19.2 Å². The molecule has 0 atom stereocenters. The van der Waals surface area contributed by atoms with Gasteiger partial charge in [-0.1, -0.05) is 0 Å². The van der Waals surface area contributed by atoms with Crippen LogP contribution in [0.1, 0.15) is 6.42 Å². The third kappa shape index (κ3) is 4.15. The van der Waals surface area contributed by atoms with Gasteiger partial charge in [-0.2, -0.15) is 0 Å². The molecule has 20 heavy (non-hydrogen) atoms. The van der Waals surface area contributed by atoms with Crippen LogP contribution in [0.4, 0.5) is 5.69 Å². The molecule has 0 amide bonds. The van der Waals surface area contributed by atoms with Crippen LogP contribution >= 0.6 is 0 Å². The summed E-state index contributed by atoms with van der Waals surface area (Å²) >= 11 is 0. The summed E-state index contributed by atoms with van der Waals surface area (Å²) in [4.78, 5) is 9.83. The summed E-state index contributed by atoms with van der Waals surface area (Å²) in [5.74, 6) is 0.0664. The van der Waals surface area contributed by atoms with Crippen LogP contribution in [0.5, 0.6) is 5.75 Å². The number of hydrogen-bond donors (Lipinski definition) is 2. The fraction of sp³-hybridized carbons (Fsp3) is 0.455. The second kappa shape index (κ2) is 7.17. The Labute approximate surface area is 117 Å². The van der Waals surface area contributed by atoms with E-state index < -0.39 is 14.9 Å². The smallest absolute Gasteiger partial charge is 0.271 e. The molecule has 1 aromatic carbocycles. The van der Waals surface area contributed by atoms with Gasteiger partial charge in [0.2, 0.25) is 10.0 Å². The quantitative estimate of drug-likeness (QED) is 0.411. The first-order valence-electron chi connectivity index (χ1n) is 5.89. The van der Waals surface area contributed by atoms with E-state index in [4.69, 9.17) is 4.74 Å². The van der Waals surface area contributed by atoms with Gasteiger partial charge < -0.3 is 10.1 Å². The lowest BCUT2D eigenvalue weighted by Gasteiger charge is -2.10. The summed E-state index contributed by atoms with van der Waals surface area (Å²) in [6.07, 6.45) is 0.604. The molecule has 112 valence electrons. The van der Waals surface area contributed by atoms with Gasteiger partial charge in [-0.25, -0.2) is 13.1 Å². The standard InChI is InChI=1S/C11H17N3O5S/c1-12-6-3-7-13-20(17,18)11-8-9(14(15)16)4-5-10(11)19-2/h4-5,8,12-13H,3,6-7H2,1-2H3. The Morgan fingerprint density at radius 3 is 2.60 bits per heavy atom. The number of nitrogens with one attached hydrogen (secondary N) is 2. The van der Waals surface area contributed by atoms with Gasteiger partial charge in [-0.05, 0) is 26.1 Å². The van der Waals surface area contributed by atoms with Gasteiger partial charge in [0.25, 0.3) is 5.69 Å². The maximum Gasteiger partial charge on any atom is 0.271 e. The molecule has 0 spiro atoms. The average molecular weight is 303 g/mol. The normalized spacial score (nSPS) is 11.3. The Morgan fingerprint density at radius 1 is 1.35 bits per heavy atom. The van der Waals surface area contributed by atoms with Crippen molar-refractivity contribution in [3.63, 3.8) is 0 Å². The summed E-state index contributed by atoms with van der Waals surface area (Å²) in [5.41, 5.74) is -0.304. The molecule has 0 aliphatic carbocycles. The highest BCUT2D eigenvalue weighted by Gasteiger charge is 2.22. The van der Waals surface area contributed by atoms with Crippen molar-refractivity contribution in [1.29, 1.82) is 0 Å². The number of methoxy groups -OCH3 is 1. The Hall–Kier alpha value is -1.71. The third-order valence-electron chi connectivity index (χ3n) is 2.54. The molecule has 0 aromatic heterocycles. The van der Waals surface area contributed by atoms with E-state index in [2.05, 4.69) is 10.0 Å². The molecule has 0 bridgehead atoms. The minimum absolute atomic E-state index is 0.0664. The van der Waals surface area contributed by atoms with Gasteiger partial charge in [0.05, 0.1) is 12.0 Å². The summed E-state index contributed by atoms with van der Waals surface area (Å²) in [6.45, 7) is 0.892. The molecule has 8 nitrogen and oxygen atoms in total. The molecule has 0 heterocycles. The number of rotatable bonds is 8. The van der Waals surface area contributed by atoms with Gasteiger partial charge in [0.15, 0.2) is 0 Å². The summed E-state index contributed by atoms with van der Waals surface area (Å²) in [5, 5.41) is 13.6. The molecule has 1 rings (SSSR count). The topological polar surface area (TPSA) is 111 Å². The van der Waals surface area contributed by atoms with Gasteiger partial charge in [-0.3, -0.25) is 10.1 Å². The van der Waals surface area contributed by atoms with Crippen molar-refractivity contribution in [1.82, 2.24) is 10.0 Å². The summed E-state index contributed by atoms with van der Waals surface area (Å²) in [6, 6.07) is 3.44. The number of sulfonamides is 1. The number of ether oxygens (including phenoxy) is 1. The summed E-state index contributed by atoms with van der Waals surface area (Å²) in [7, 11) is -0.778. The van der Waals surface area contributed by atoms with E-state index in [9.17, 15) is 18.5 Å². The molecule has 0 saturated carbocycles. The van der Waals surface area contributed by atoms with E-state index in [-0.39, 0.29) is 22.9 Å². The highest BCUT2D eigenvalue weighted by atomic mass is 32.2. The van der Waals surface area contributed by atoms with Gasteiger partial charge >= 0.3 is 0 Å². The Bertz CT molecular complexity index is 573. The van der Waals surface area contributed by atoms with Crippen LogP contribution in [-0.2, 0) is 10.0 Å². The molecule has 0 saturated heterocycles. The van der Waals surface area contributed by atoms with Crippen molar-refractivity contribution in [3.05, 3.63) is 28.3 Å². The first kappa shape index (κ1) is 16.3. The van der Waals surface area contributed by atoms with E-state index in [1.807, 2.05) is 0 Å². The second-order valence-corrected chi connectivity index (χ2v) is 5.68. The minimum atomic E-state index is -3.85. The number of hydrogen-bond acceptors (Lipinski definition) is 6. The molecule has 9 heteroatoms. The van der Waals surface area contributed by atoms with Crippen molar-refractivity contribution >= 4 is 15.7 Å². The van der Waals surface area contributed by atoms with Crippen molar-refractivity contribution in [2.75, 3.05) is 27.2 Å². The zero-order chi connectivity index (χ0) is 15.2. The number of nitro benzene ring substituents is 1. The van der Waals surface area contributed by atoms with Gasteiger partial charge in [0, 0.05) is 18.7 Å².